The van der Waals surface area contributed by atoms with Crippen molar-refractivity contribution in [3.05, 3.63) is 0 Å². The summed E-state index contributed by atoms with van der Waals surface area (Å²) in [6, 6.07) is 0. The van der Waals surface area contributed by atoms with E-state index in [1.54, 1.807) is 0 Å². The van der Waals surface area contributed by atoms with E-state index in [0.29, 0.717) is 0 Å². The van der Waals surface area contributed by atoms with Crippen LogP contribution in [0.4, 0.5) is 0 Å². The smallest absolute Gasteiger partial charge is 0.0443 e. The fourth-order valence-electron chi connectivity index (χ4n) is 2.37. The van der Waals surface area contributed by atoms with Gasteiger partial charge in [-0.05, 0) is 5.92 Å². The molecule has 0 bridgehead atoms. The Morgan fingerprint density at radius 1 is 0.538 bits per heavy atom. The van der Waals surface area contributed by atoms with Crippen molar-refractivity contribution in [2.75, 3.05) is 0 Å². The average Bonchev–Trinajstić information content (AvgIpc) is 2.11. The van der Waals surface area contributed by atoms with Gasteiger partial charge < -0.3 is 0 Å². The predicted molar refractivity (Wildman–Crippen MR) is 60.0 cm³/mol. The Balaban J connectivity index is 2.11. The molecular weight excluding hydrogens is 156 g/mol. The molecule has 0 aromatic rings. The second kappa shape index (κ2) is 7.41. The van der Waals surface area contributed by atoms with Crippen LogP contribution >= 0.6 is 0 Å². The third-order valence-corrected chi connectivity index (χ3v) is 3.39. The zero-order chi connectivity index (χ0) is 9.36. The minimum atomic E-state index is 0.999. The van der Waals surface area contributed by atoms with Gasteiger partial charge in [0.15, 0.2) is 0 Å². The Morgan fingerprint density at radius 2 is 0.846 bits per heavy atom. The summed E-state index contributed by atoms with van der Waals surface area (Å²) in [5.74, 6) is 0.999. The Hall–Kier alpha value is 0. The maximum Gasteiger partial charge on any atom is -0.0443 e. The molecule has 0 unspecified atom stereocenters. The van der Waals surface area contributed by atoms with Crippen LogP contribution in [-0.2, 0) is 0 Å². The SMILES string of the molecule is CC1CCCCCCCCCCC1. The maximum atomic E-state index is 2.44. The molecule has 0 aromatic heterocycles. The Bertz CT molecular complexity index is 94.6. The van der Waals surface area contributed by atoms with Crippen molar-refractivity contribution in [1.82, 2.24) is 0 Å². The van der Waals surface area contributed by atoms with E-state index in [2.05, 4.69) is 6.92 Å². The zero-order valence-electron chi connectivity index (χ0n) is 9.36. The van der Waals surface area contributed by atoms with Crippen LogP contribution in [0.5, 0.6) is 0 Å². The van der Waals surface area contributed by atoms with Gasteiger partial charge in [-0.25, -0.2) is 0 Å². The van der Waals surface area contributed by atoms with Crippen LogP contribution in [0.2, 0.25) is 0 Å². The van der Waals surface area contributed by atoms with Crippen molar-refractivity contribution < 1.29 is 0 Å². The molecule has 0 aliphatic heterocycles. The number of rotatable bonds is 0. The topological polar surface area (TPSA) is 0 Å². The van der Waals surface area contributed by atoms with Gasteiger partial charge in [0, 0.05) is 0 Å². The Kier molecular flexibility index (Phi) is 6.31. The fourth-order valence-corrected chi connectivity index (χ4v) is 2.37. The predicted octanol–water partition coefficient (Wildman–Crippen LogP) is 4.93. The molecule has 0 N–H and O–H groups in total. The second-order valence-electron chi connectivity index (χ2n) is 4.86. The molecule has 0 nitrogen and oxygen atoms in total. The van der Waals surface area contributed by atoms with E-state index in [1.807, 2.05) is 0 Å². The maximum absolute atomic E-state index is 2.44. The summed E-state index contributed by atoms with van der Waals surface area (Å²) in [6.45, 7) is 2.44. The highest BCUT2D eigenvalue weighted by Crippen LogP contribution is 2.20. The van der Waals surface area contributed by atoms with Gasteiger partial charge in [-0.15, -0.1) is 0 Å². The van der Waals surface area contributed by atoms with E-state index in [1.165, 1.54) is 70.6 Å². The van der Waals surface area contributed by atoms with E-state index in [0.717, 1.165) is 5.92 Å². The van der Waals surface area contributed by atoms with Gasteiger partial charge >= 0.3 is 0 Å². The normalized spacial score (nSPS) is 24.7. The molecule has 0 heteroatoms. The van der Waals surface area contributed by atoms with E-state index in [-0.39, 0.29) is 0 Å². The first-order chi connectivity index (χ1) is 6.39. The average molecular weight is 182 g/mol. The molecule has 78 valence electrons. The van der Waals surface area contributed by atoms with Crippen molar-refractivity contribution in [3.63, 3.8) is 0 Å². The summed E-state index contributed by atoms with van der Waals surface area (Å²) in [7, 11) is 0. The second-order valence-corrected chi connectivity index (χ2v) is 4.86. The van der Waals surface area contributed by atoms with E-state index in [4.69, 9.17) is 0 Å². The lowest BCUT2D eigenvalue weighted by atomic mass is 9.94. The first-order valence-corrected chi connectivity index (χ1v) is 6.39. The summed E-state index contributed by atoms with van der Waals surface area (Å²) < 4.78 is 0. The minimum absolute atomic E-state index is 0.999. The summed E-state index contributed by atoms with van der Waals surface area (Å²) >= 11 is 0. The molecule has 0 saturated heterocycles. The Labute approximate surface area is 84.1 Å². The lowest BCUT2D eigenvalue weighted by Crippen LogP contribution is -1.96. The van der Waals surface area contributed by atoms with Crippen LogP contribution in [0.25, 0.3) is 0 Å². The van der Waals surface area contributed by atoms with Crippen LogP contribution in [0.1, 0.15) is 77.6 Å². The first-order valence-electron chi connectivity index (χ1n) is 6.39. The van der Waals surface area contributed by atoms with Gasteiger partial charge in [0.05, 0.1) is 0 Å². The van der Waals surface area contributed by atoms with Crippen LogP contribution in [-0.4, -0.2) is 0 Å². The number of hydrogen-bond donors (Lipinski definition) is 0. The van der Waals surface area contributed by atoms with Crippen molar-refractivity contribution in [1.29, 1.82) is 0 Å². The summed E-state index contributed by atoms with van der Waals surface area (Å²) in [4.78, 5) is 0. The van der Waals surface area contributed by atoms with Crippen LogP contribution < -0.4 is 0 Å². The largest absolute Gasteiger partial charge is 0.0625 e. The van der Waals surface area contributed by atoms with Crippen LogP contribution in [0, 0.1) is 5.92 Å². The van der Waals surface area contributed by atoms with Crippen molar-refractivity contribution >= 4 is 0 Å². The molecule has 0 spiro atoms. The molecular formula is C13H26. The van der Waals surface area contributed by atoms with Gasteiger partial charge in [0.1, 0.15) is 0 Å². The van der Waals surface area contributed by atoms with Crippen LogP contribution in [0.15, 0.2) is 0 Å². The van der Waals surface area contributed by atoms with E-state index < -0.39 is 0 Å². The molecule has 13 heavy (non-hydrogen) atoms. The zero-order valence-corrected chi connectivity index (χ0v) is 9.36. The Morgan fingerprint density at radius 3 is 1.23 bits per heavy atom. The van der Waals surface area contributed by atoms with Gasteiger partial charge in [0.25, 0.3) is 0 Å². The number of hydrogen-bond acceptors (Lipinski definition) is 0. The van der Waals surface area contributed by atoms with Crippen molar-refractivity contribution in [2.24, 2.45) is 5.92 Å². The standard InChI is InChI=1S/C13H26/c1-13-11-9-7-5-3-2-4-6-8-10-12-13/h13H,2-12H2,1H3. The quantitative estimate of drug-likeness (QED) is 0.498. The van der Waals surface area contributed by atoms with E-state index >= 15 is 0 Å². The third kappa shape index (κ3) is 6.12. The summed E-state index contributed by atoms with van der Waals surface area (Å²) in [5, 5.41) is 0. The molecule has 1 rings (SSSR count). The molecule has 1 aliphatic carbocycles. The lowest BCUT2D eigenvalue weighted by Gasteiger charge is -2.12. The molecule has 1 saturated carbocycles. The van der Waals surface area contributed by atoms with Gasteiger partial charge in [-0.3, -0.25) is 0 Å². The molecule has 1 aliphatic rings. The summed E-state index contributed by atoms with van der Waals surface area (Å²) in [5.41, 5.74) is 0. The van der Waals surface area contributed by atoms with Gasteiger partial charge in [0.2, 0.25) is 0 Å². The minimum Gasteiger partial charge on any atom is -0.0625 e. The molecule has 0 radical (unpaired) electrons. The molecule has 0 amide bonds. The third-order valence-electron chi connectivity index (χ3n) is 3.39. The van der Waals surface area contributed by atoms with Gasteiger partial charge in [-0.1, -0.05) is 77.6 Å². The monoisotopic (exact) mass is 182 g/mol. The van der Waals surface area contributed by atoms with Crippen LogP contribution in [0.3, 0.4) is 0 Å². The highest BCUT2D eigenvalue weighted by molar-refractivity contribution is 4.57. The molecule has 0 heterocycles. The molecule has 0 aromatic carbocycles. The lowest BCUT2D eigenvalue weighted by molar-refractivity contribution is 0.420. The summed E-state index contributed by atoms with van der Waals surface area (Å²) in [6.07, 6.45) is 16.4. The van der Waals surface area contributed by atoms with Crippen molar-refractivity contribution in [2.45, 2.75) is 77.6 Å². The molecule has 0 atom stereocenters. The van der Waals surface area contributed by atoms with Gasteiger partial charge in [-0.2, -0.15) is 0 Å². The van der Waals surface area contributed by atoms with E-state index in [9.17, 15) is 0 Å². The fraction of sp³-hybridized carbons (Fsp3) is 1.00. The highest BCUT2D eigenvalue weighted by Gasteiger charge is 2.03. The highest BCUT2D eigenvalue weighted by atomic mass is 14.1. The van der Waals surface area contributed by atoms with Crippen molar-refractivity contribution in [3.8, 4) is 0 Å². The first kappa shape index (κ1) is 11.1. The molecule has 1 fully saturated rings.